The molecule has 224 valence electrons. The summed E-state index contributed by atoms with van der Waals surface area (Å²) in [6, 6.07) is 14.8. The Hall–Kier alpha value is -5.01. The fourth-order valence-electron chi connectivity index (χ4n) is 4.14. The Morgan fingerprint density at radius 3 is 1.91 bits per heavy atom. The summed E-state index contributed by atoms with van der Waals surface area (Å²) in [5.41, 5.74) is 2.86. The topological polar surface area (TPSA) is 120 Å². The molecule has 2 aromatic heterocycles. The molecule has 0 atom stereocenters. The molecule has 0 unspecified atom stereocenters. The Kier molecular flexibility index (Phi) is 12.0. The molecular weight excluding hydrogens is 570 g/mol. The summed E-state index contributed by atoms with van der Waals surface area (Å²) in [7, 11) is 0. The van der Waals surface area contributed by atoms with Crippen LogP contribution in [0.2, 0.25) is 0 Å². The Balaban J connectivity index is 0.000000247. The SMILES string of the molecule is C#Cc1cccc(Nc2ncnc3cc(OCC)c(OCC)cc23)c1.CCOc1cc2nc[nH]c(=O)c2cc1OCC.Cl. The van der Waals surface area contributed by atoms with Crippen LogP contribution >= 0.6 is 12.4 Å². The van der Waals surface area contributed by atoms with Gasteiger partial charge in [-0.25, -0.2) is 15.0 Å². The Morgan fingerprint density at radius 1 is 0.767 bits per heavy atom. The molecule has 5 aromatic rings. The third kappa shape index (κ3) is 8.05. The standard InChI is InChI=1S/C20H19N3O2.C12H14N2O3.ClH/c1-4-14-8-7-9-15(10-14)23-20-16-11-18(24-5-2)19(25-6-3)12-17(16)21-13-22-20;1-3-16-10-5-8-9(6-11(10)17-4-2)13-7-14-12(8)15;/h1,7-13H,5-6H2,2-3H3,(H,21,22,23);5-7H,3-4H2,1-2H3,(H,13,14,15);1H. The van der Waals surface area contributed by atoms with Gasteiger partial charge in [0.1, 0.15) is 12.1 Å². The van der Waals surface area contributed by atoms with Gasteiger partial charge in [-0.05, 0) is 58.0 Å². The third-order valence-electron chi connectivity index (χ3n) is 5.90. The highest BCUT2D eigenvalue weighted by Crippen LogP contribution is 2.35. The van der Waals surface area contributed by atoms with Gasteiger partial charge in [0.15, 0.2) is 23.0 Å². The number of hydrogen-bond acceptors (Lipinski definition) is 9. The summed E-state index contributed by atoms with van der Waals surface area (Å²) in [4.78, 5) is 26.9. The second-order valence-corrected chi connectivity index (χ2v) is 8.67. The summed E-state index contributed by atoms with van der Waals surface area (Å²) < 4.78 is 22.3. The van der Waals surface area contributed by atoms with Gasteiger partial charge in [0.25, 0.3) is 5.56 Å². The van der Waals surface area contributed by atoms with Crippen molar-refractivity contribution < 1.29 is 18.9 Å². The van der Waals surface area contributed by atoms with Crippen LogP contribution in [-0.4, -0.2) is 46.4 Å². The molecule has 0 amide bonds. The minimum atomic E-state index is -0.181. The number of hydrogen-bond donors (Lipinski definition) is 2. The lowest BCUT2D eigenvalue weighted by molar-refractivity contribution is 0.288. The molecule has 0 fully saturated rings. The second kappa shape index (κ2) is 15.8. The number of benzene rings is 3. The van der Waals surface area contributed by atoms with Crippen molar-refractivity contribution in [1.82, 2.24) is 19.9 Å². The van der Waals surface area contributed by atoms with Crippen molar-refractivity contribution in [2.45, 2.75) is 27.7 Å². The number of rotatable bonds is 10. The first kappa shape index (κ1) is 32.5. The normalized spacial score (nSPS) is 10.1. The number of halogens is 1. The smallest absolute Gasteiger partial charge is 0.258 e. The molecular formula is C32H34ClN5O5. The van der Waals surface area contributed by atoms with Gasteiger partial charge in [0, 0.05) is 28.8 Å². The maximum absolute atomic E-state index is 11.6. The fourth-order valence-corrected chi connectivity index (χ4v) is 4.14. The summed E-state index contributed by atoms with van der Waals surface area (Å²) in [5, 5.41) is 4.65. The second-order valence-electron chi connectivity index (χ2n) is 8.67. The molecule has 0 spiro atoms. The van der Waals surface area contributed by atoms with E-state index in [4.69, 9.17) is 25.4 Å². The highest BCUT2D eigenvalue weighted by atomic mass is 35.5. The van der Waals surface area contributed by atoms with E-state index >= 15 is 0 Å². The highest BCUT2D eigenvalue weighted by molar-refractivity contribution is 5.93. The molecule has 0 aliphatic carbocycles. The van der Waals surface area contributed by atoms with Crippen LogP contribution in [0, 0.1) is 12.3 Å². The number of H-pyrrole nitrogens is 1. The van der Waals surface area contributed by atoms with E-state index in [1.807, 2.05) is 64.1 Å². The highest BCUT2D eigenvalue weighted by Gasteiger charge is 2.12. The van der Waals surface area contributed by atoms with Crippen molar-refractivity contribution in [1.29, 1.82) is 0 Å². The molecule has 2 heterocycles. The summed E-state index contributed by atoms with van der Waals surface area (Å²) in [6.45, 7) is 9.81. The molecule has 43 heavy (non-hydrogen) atoms. The van der Waals surface area contributed by atoms with Crippen molar-refractivity contribution in [3.63, 3.8) is 0 Å². The van der Waals surface area contributed by atoms with Crippen LogP contribution in [0.5, 0.6) is 23.0 Å². The van der Waals surface area contributed by atoms with Gasteiger partial charge in [-0.15, -0.1) is 18.8 Å². The van der Waals surface area contributed by atoms with Gasteiger partial charge >= 0.3 is 0 Å². The molecule has 10 nitrogen and oxygen atoms in total. The average Bonchev–Trinajstić information content (AvgIpc) is 2.99. The summed E-state index contributed by atoms with van der Waals surface area (Å²) in [5.74, 6) is 5.84. The Morgan fingerprint density at radius 2 is 1.33 bits per heavy atom. The first-order chi connectivity index (χ1) is 20.5. The van der Waals surface area contributed by atoms with Crippen LogP contribution in [0.3, 0.4) is 0 Å². The van der Waals surface area contributed by atoms with Gasteiger partial charge in [-0.1, -0.05) is 12.0 Å². The number of nitrogens with zero attached hydrogens (tertiary/aromatic N) is 3. The van der Waals surface area contributed by atoms with Gasteiger partial charge in [0.2, 0.25) is 0 Å². The molecule has 5 rings (SSSR count). The monoisotopic (exact) mass is 603 g/mol. The molecule has 0 saturated heterocycles. The van der Waals surface area contributed by atoms with Gasteiger partial charge in [-0.2, -0.15) is 0 Å². The lowest BCUT2D eigenvalue weighted by Crippen LogP contribution is -2.07. The largest absolute Gasteiger partial charge is 0.490 e. The van der Waals surface area contributed by atoms with Crippen molar-refractivity contribution >= 4 is 45.7 Å². The van der Waals surface area contributed by atoms with Crippen LogP contribution in [0.4, 0.5) is 11.5 Å². The van der Waals surface area contributed by atoms with E-state index in [1.165, 1.54) is 12.7 Å². The molecule has 0 aliphatic heterocycles. The summed E-state index contributed by atoms with van der Waals surface area (Å²) in [6.07, 6.45) is 8.36. The zero-order chi connectivity index (χ0) is 29.9. The minimum absolute atomic E-state index is 0. The molecule has 0 aliphatic rings. The van der Waals surface area contributed by atoms with E-state index in [0.29, 0.717) is 66.1 Å². The van der Waals surface area contributed by atoms with Gasteiger partial charge in [-0.3, -0.25) is 4.79 Å². The number of fused-ring (bicyclic) bond motifs is 2. The fraction of sp³-hybridized carbons (Fsp3) is 0.250. The first-order valence-corrected chi connectivity index (χ1v) is 13.7. The maximum Gasteiger partial charge on any atom is 0.258 e. The number of aromatic amines is 1. The number of nitrogens with one attached hydrogen (secondary N) is 2. The first-order valence-electron chi connectivity index (χ1n) is 13.7. The lowest BCUT2D eigenvalue weighted by atomic mass is 10.2. The molecule has 2 N–H and O–H groups in total. The molecule has 11 heteroatoms. The van der Waals surface area contributed by atoms with Crippen LogP contribution in [-0.2, 0) is 0 Å². The van der Waals surface area contributed by atoms with Crippen LogP contribution in [0.25, 0.3) is 21.8 Å². The predicted molar refractivity (Wildman–Crippen MR) is 171 cm³/mol. The molecule has 0 bridgehead atoms. The molecule has 0 radical (unpaired) electrons. The van der Waals surface area contributed by atoms with E-state index in [2.05, 4.69) is 31.2 Å². The quantitative estimate of drug-likeness (QED) is 0.177. The number of anilines is 2. The van der Waals surface area contributed by atoms with Gasteiger partial charge in [0.05, 0.1) is 49.2 Å². The van der Waals surface area contributed by atoms with E-state index in [0.717, 1.165) is 22.2 Å². The van der Waals surface area contributed by atoms with Crippen molar-refractivity contribution in [3.05, 3.63) is 77.1 Å². The maximum atomic E-state index is 11.6. The number of terminal acetylenes is 1. The van der Waals surface area contributed by atoms with E-state index in [9.17, 15) is 4.79 Å². The van der Waals surface area contributed by atoms with Crippen molar-refractivity contribution in [3.8, 4) is 35.3 Å². The van der Waals surface area contributed by atoms with Crippen LogP contribution in [0.1, 0.15) is 33.3 Å². The third-order valence-corrected chi connectivity index (χ3v) is 5.90. The molecule has 0 saturated carbocycles. The zero-order valence-corrected chi connectivity index (χ0v) is 25.3. The summed E-state index contributed by atoms with van der Waals surface area (Å²) >= 11 is 0. The lowest BCUT2D eigenvalue weighted by Gasteiger charge is -2.14. The molecule has 3 aromatic carbocycles. The van der Waals surface area contributed by atoms with Crippen molar-refractivity contribution in [2.75, 3.05) is 31.7 Å². The number of aromatic nitrogens is 4. The predicted octanol–water partition coefficient (Wildman–Crippen LogP) is 6.29. The Bertz CT molecular complexity index is 1770. The van der Waals surface area contributed by atoms with Crippen LogP contribution in [0.15, 0.2) is 66.0 Å². The van der Waals surface area contributed by atoms with E-state index in [-0.39, 0.29) is 18.0 Å². The zero-order valence-electron chi connectivity index (χ0n) is 24.5. The van der Waals surface area contributed by atoms with Crippen LogP contribution < -0.4 is 29.8 Å². The average molecular weight is 604 g/mol. The van der Waals surface area contributed by atoms with E-state index < -0.39 is 0 Å². The van der Waals surface area contributed by atoms with E-state index in [1.54, 1.807) is 12.1 Å². The Labute approximate surface area is 256 Å². The minimum Gasteiger partial charge on any atom is -0.490 e. The van der Waals surface area contributed by atoms with Gasteiger partial charge < -0.3 is 29.2 Å². The number of ether oxygens (including phenoxy) is 4. The van der Waals surface area contributed by atoms with Crippen molar-refractivity contribution in [2.24, 2.45) is 0 Å².